The smallest absolute Gasteiger partial charge is 0.410 e. The molecule has 1 unspecified atom stereocenters. The lowest BCUT2D eigenvalue weighted by Gasteiger charge is -2.28. The third kappa shape index (κ3) is 5.38. The summed E-state index contributed by atoms with van der Waals surface area (Å²) in [6, 6.07) is 0. The van der Waals surface area contributed by atoms with Gasteiger partial charge in [-0.3, -0.25) is 4.79 Å². The van der Waals surface area contributed by atoms with Gasteiger partial charge in [-0.15, -0.1) is 0 Å². The van der Waals surface area contributed by atoms with Crippen molar-refractivity contribution in [2.24, 2.45) is 0 Å². The molecule has 0 radical (unpaired) electrons. The second-order valence-electron chi connectivity index (χ2n) is 5.65. The number of carbonyl (C=O) groups is 2. The quantitative estimate of drug-likeness (QED) is 0.677. The van der Waals surface area contributed by atoms with Crippen molar-refractivity contribution in [2.45, 2.75) is 58.7 Å². The van der Waals surface area contributed by atoms with Crippen molar-refractivity contribution in [3.8, 4) is 0 Å². The van der Waals surface area contributed by atoms with E-state index in [1.54, 1.807) is 4.90 Å². The Morgan fingerprint density at radius 2 is 1.89 bits per heavy atom. The number of carbonyl (C=O) groups excluding carboxylic acids is 2. The second kappa shape index (κ2) is 6.07. The first-order valence-corrected chi connectivity index (χ1v) is 6.43. The maximum atomic E-state index is 12.0. The average Bonchev–Trinajstić information content (AvgIpc) is 2.39. The summed E-state index contributed by atoms with van der Waals surface area (Å²) in [4.78, 5) is 24.6. The molecule has 0 aromatic rings. The molecule has 0 aromatic heterocycles. The van der Waals surface area contributed by atoms with Crippen LogP contribution in [0.2, 0.25) is 0 Å². The Morgan fingerprint density at radius 3 is 2.44 bits per heavy atom. The highest BCUT2D eigenvalue weighted by atomic mass is 16.6. The topological polar surface area (TPSA) is 55.8 Å². The maximum absolute atomic E-state index is 12.0. The monoisotopic (exact) mass is 257 g/mol. The summed E-state index contributed by atoms with van der Waals surface area (Å²) in [6.45, 7) is 7.99. The zero-order chi connectivity index (χ0) is 13.8. The van der Waals surface area contributed by atoms with Crippen LogP contribution < -0.4 is 0 Å². The molecule has 104 valence electrons. The molecule has 0 N–H and O–H groups in total. The largest absolute Gasteiger partial charge is 0.461 e. The van der Waals surface area contributed by atoms with Gasteiger partial charge in [0.1, 0.15) is 11.7 Å². The van der Waals surface area contributed by atoms with Gasteiger partial charge in [-0.05, 0) is 40.0 Å². The molecular formula is C13H23NO4. The Hall–Kier alpha value is -1.26. The number of rotatable bonds is 1. The molecule has 1 atom stereocenters. The summed E-state index contributed by atoms with van der Waals surface area (Å²) >= 11 is 0. The van der Waals surface area contributed by atoms with Crippen LogP contribution >= 0.6 is 0 Å². The molecule has 5 nitrogen and oxygen atoms in total. The van der Waals surface area contributed by atoms with Crippen LogP contribution in [0.25, 0.3) is 0 Å². The number of esters is 1. The second-order valence-corrected chi connectivity index (χ2v) is 5.65. The lowest BCUT2D eigenvalue weighted by atomic mass is 10.2. The van der Waals surface area contributed by atoms with Crippen molar-refractivity contribution in [1.29, 1.82) is 0 Å². The van der Waals surface area contributed by atoms with Crippen molar-refractivity contribution in [2.75, 3.05) is 13.1 Å². The first-order chi connectivity index (χ1) is 8.28. The molecule has 1 fully saturated rings. The van der Waals surface area contributed by atoms with Crippen molar-refractivity contribution in [3.63, 3.8) is 0 Å². The number of nitrogens with zero attached hydrogens (tertiary/aromatic N) is 1. The van der Waals surface area contributed by atoms with Crippen LogP contribution in [0.1, 0.15) is 47.0 Å². The Morgan fingerprint density at radius 1 is 1.22 bits per heavy atom. The number of likely N-dealkylation sites (tertiary alicyclic amines) is 1. The Labute approximate surface area is 108 Å². The van der Waals surface area contributed by atoms with Gasteiger partial charge in [0.15, 0.2) is 0 Å². The van der Waals surface area contributed by atoms with E-state index < -0.39 is 5.60 Å². The van der Waals surface area contributed by atoms with E-state index in [2.05, 4.69) is 0 Å². The minimum Gasteiger partial charge on any atom is -0.461 e. The summed E-state index contributed by atoms with van der Waals surface area (Å²) < 4.78 is 10.5. The fourth-order valence-electron chi connectivity index (χ4n) is 1.93. The van der Waals surface area contributed by atoms with E-state index in [1.807, 2.05) is 20.8 Å². The highest BCUT2D eigenvalue weighted by Gasteiger charge is 2.27. The number of amides is 1. The Bertz CT molecular complexity index is 309. The molecular weight excluding hydrogens is 234 g/mol. The standard InChI is InChI=1S/C13H23NO4/c1-10(15)17-11-7-5-6-8-14(9-11)12(16)18-13(2,3)4/h11H,5-9H2,1-4H3. The van der Waals surface area contributed by atoms with Crippen LogP contribution in [0.3, 0.4) is 0 Å². The minimum atomic E-state index is -0.500. The van der Waals surface area contributed by atoms with Crippen molar-refractivity contribution < 1.29 is 19.1 Å². The molecule has 0 spiro atoms. The van der Waals surface area contributed by atoms with Crippen LogP contribution in [-0.4, -0.2) is 41.8 Å². The van der Waals surface area contributed by atoms with Gasteiger partial charge in [0.2, 0.25) is 0 Å². The zero-order valence-electron chi connectivity index (χ0n) is 11.7. The third-order valence-corrected chi connectivity index (χ3v) is 2.61. The SMILES string of the molecule is CC(=O)OC1CCCCN(C(=O)OC(C)(C)C)C1. The van der Waals surface area contributed by atoms with Gasteiger partial charge < -0.3 is 14.4 Å². The molecule has 1 aliphatic heterocycles. The molecule has 0 bridgehead atoms. The average molecular weight is 257 g/mol. The fourth-order valence-corrected chi connectivity index (χ4v) is 1.93. The molecule has 0 aliphatic carbocycles. The van der Waals surface area contributed by atoms with Gasteiger partial charge in [-0.25, -0.2) is 4.79 Å². The number of hydrogen-bond acceptors (Lipinski definition) is 4. The van der Waals surface area contributed by atoms with Gasteiger partial charge >= 0.3 is 12.1 Å². The summed E-state index contributed by atoms with van der Waals surface area (Å²) in [5, 5.41) is 0. The zero-order valence-corrected chi connectivity index (χ0v) is 11.7. The molecule has 5 heteroatoms. The normalized spacial score (nSPS) is 21.1. The fraction of sp³-hybridized carbons (Fsp3) is 0.846. The van der Waals surface area contributed by atoms with Crippen LogP contribution in [0.4, 0.5) is 4.79 Å². The molecule has 1 rings (SSSR count). The Kier molecular flexibility index (Phi) is 4.99. The van der Waals surface area contributed by atoms with E-state index in [4.69, 9.17) is 9.47 Å². The molecule has 1 amide bonds. The first-order valence-electron chi connectivity index (χ1n) is 6.43. The van der Waals surface area contributed by atoms with Crippen molar-refractivity contribution >= 4 is 12.1 Å². The number of ether oxygens (including phenoxy) is 2. The predicted molar refractivity (Wildman–Crippen MR) is 67.2 cm³/mol. The summed E-state index contributed by atoms with van der Waals surface area (Å²) in [5.41, 5.74) is -0.500. The lowest BCUT2D eigenvalue weighted by Crippen LogP contribution is -2.41. The van der Waals surface area contributed by atoms with E-state index in [1.165, 1.54) is 6.92 Å². The molecule has 1 aliphatic rings. The summed E-state index contributed by atoms with van der Waals surface area (Å²) in [7, 11) is 0. The molecule has 1 saturated heterocycles. The van der Waals surface area contributed by atoms with Gasteiger partial charge in [-0.1, -0.05) is 0 Å². The van der Waals surface area contributed by atoms with E-state index in [9.17, 15) is 9.59 Å². The molecule has 0 saturated carbocycles. The van der Waals surface area contributed by atoms with E-state index in [-0.39, 0.29) is 18.2 Å². The molecule has 1 heterocycles. The number of hydrogen-bond donors (Lipinski definition) is 0. The first kappa shape index (κ1) is 14.8. The van der Waals surface area contributed by atoms with E-state index >= 15 is 0 Å². The third-order valence-electron chi connectivity index (χ3n) is 2.61. The van der Waals surface area contributed by atoms with E-state index in [0.717, 1.165) is 19.3 Å². The minimum absolute atomic E-state index is 0.211. The molecule has 18 heavy (non-hydrogen) atoms. The van der Waals surface area contributed by atoms with Crippen LogP contribution in [0, 0.1) is 0 Å². The van der Waals surface area contributed by atoms with Crippen LogP contribution in [-0.2, 0) is 14.3 Å². The van der Waals surface area contributed by atoms with Gasteiger partial charge in [-0.2, -0.15) is 0 Å². The summed E-state index contributed by atoms with van der Waals surface area (Å²) in [5.74, 6) is -0.300. The van der Waals surface area contributed by atoms with Crippen LogP contribution in [0.15, 0.2) is 0 Å². The summed E-state index contributed by atoms with van der Waals surface area (Å²) in [6.07, 6.45) is 2.13. The van der Waals surface area contributed by atoms with Gasteiger partial charge in [0.25, 0.3) is 0 Å². The molecule has 0 aromatic carbocycles. The van der Waals surface area contributed by atoms with Gasteiger partial charge in [0.05, 0.1) is 6.54 Å². The predicted octanol–water partition coefficient (Wildman–Crippen LogP) is 2.34. The highest BCUT2D eigenvalue weighted by molar-refractivity contribution is 5.68. The van der Waals surface area contributed by atoms with E-state index in [0.29, 0.717) is 13.1 Å². The highest BCUT2D eigenvalue weighted by Crippen LogP contribution is 2.17. The lowest BCUT2D eigenvalue weighted by molar-refractivity contribution is -0.147. The maximum Gasteiger partial charge on any atom is 0.410 e. The van der Waals surface area contributed by atoms with Crippen molar-refractivity contribution in [3.05, 3.63) is 0 Å². The van der Waals surface area contributed by atoms with Crippen LogP contribution in [0.5, 0.6) is 0 Å². The Balaban J connectivity index is 2.58. The van der Waals surface area contributed by atoms with Crippen molar-refractivity contribution in [1.82, 2.24) is 4.90 Å². The van der Waals surface area contributed by atoms with Gasteiger partial charge in [0, 0.05) is 13.5 Å².